The second-order valence-electron chi connectivity index (χ2n) is 6.35. The van der Waals surface area contributed by atoms with Crippen molar-refractivity contribution in [2.45, 2.75) is 44.8 Å². The highest BCUT2D eigenvalue weighted by atomic mass is 32.1. The summed E-state index contributed by atoms with van der Waals surface area (Å²) in [5.41, 5.74) is 2.99. The number of carbonyl (C=O) groups is 3. The van der Waals surface area contributed by atoms with Crippen LogP contribution in [0.5, 0.6) is 0 Å². The molecule has 0 saturated carbocycles. The van der Waals surface area contributed by atoms with E-state index in [9.17, 15) is 14.4 Å². The molecule has 3 fully saturated rings. The van der Waals surface area contributed by atoms with Crippen LogP contribution in [0.1, 0.15) is 41.4 Å². The molecule has 7 heteroatoms. The highest BCUT2D eigenvalue weighted by molar-refractivity contribution is 7.10. The Bertz CT molecular complexity index is 657. The van der Waals surface area contributed by atoms with Crippen LogP contribution in [-0.4, -0.2) is 34.9 Å². The predicted molar refractivity (Wildman–Crippen MR) is 82.5 cm³/mol. The Balaban J connectivity index is 1.49. The summed E-state index contributed by atoms with van der Waals surface area (Å²) in [5.74, 6) is -1.90. The van der Waals surface area contributed by atoms with E-state index in [-0.39, 0.29) is 24.0 Å². The van der Waals surface area contributed by atoms with Gasteiger partial charge in [-0.3, -0.25) is 19.8 Å². The van der Waals surface area contributed by atoms with Gasteiger partial charge in [0.05, 0.1) is 29.6 Å². The monoisotopic (exact) mass is 334 g/mol. The number of ether oxygens (including phenoxy) is 1. The zero-order valence-electron chi connectivity index (χ0n) is 12.8. The molecule has 1 aromatic heterocycles. The smallest absolute Gasteiger partial charge is 0.271 e. The number of rotatable bonds is 4. The standard InChI is InChI=1S/C16H18N2O4S/c1-2-3-9-6-8(7-23-9)14(19)17-18-15(20)12-10-4-5-11(22-10)13(12)16(18)21/h6-7,10-13H,2-5H2,1H3,(H,17,19)/t10-,11-,12-,13+/m0/s1. The number of hydrogen-bond donors (Lipinski definition) is 1. The van der Waals surface area contributed by atoms with E-state index in [1.807, 2.05) is 6.07 Å². The first-order valence-corrected chi connectivity index (χ1v) is 8.89. The number of nitrogens with one attached hydrogen (secondary N) is 1. The Morgan fingerprint density at radius 1 is 1.30 bits per heavy atom. The van der Waals surface area contributed by atoms with E-state index < -0.39 is 17.7 Å². The molecule has 2 bridgehead atoms. The lowest BCUT2D eigenvalue weighted by atomic mass is 9.81. The molecule has 122 valence electrons. The fourth-order valence-electron chi connectivity index (χ4n) is 3.87. The molecule has 1 aromatic rings. The summed E-state index contributed by atoms with van der Waals surface area (Å²) in [6.07, 6.45) is 3.23. The average Bonchev–Trinajstić information content (AvgIpc) is 3.28. The minimum Gasteiger partial charge on any atom is -0.373 e. The largest absolute Gasteiger partial charge is 0.373 e. The van der Waals surface area contributed by atoms with Gasteiger partial charge in [0, 0.05) is 10.3 Å². The maximum atomic E-state index is 12.5. The Morgan fingerprint density at radius 3 is 2.57 bits per heavy atom. The van der Waals surface area contributed by atoms with Crippen LogP contribution in [0.2, 0.25) is 0 Å². The van der Waals surface area contributed by atoms with E-state index in [2.05, 4.69) is 12.3 Å². The van der Waals surface area contributed by atoms with E-state index in [4.69, 9.17) is 4.74 Å². The van der Waals surface area contributed by atoms with Gasteiger partial charge >= 0.3 is 0 Å². The van der Waals surface area contributed by atoms with Crippen LogP contribution in [0.3, 0.4) is 0 Å². The molecule has 0 aromatic carbocycles. The van der Waals surface area contributed by atoms with Gasteiger partial charge in [-0.15, -0.1) is 11.3 Å². The number of thiophene rings is 1. The summed E-state index contributed by atoms with van der Waals surface area (Å²) in [5, 5.41) is 2.68. The van der Waals surface area contributed by atoms with Crippen molar-refractivity contribution in [1.82, 2.24) is 10.4 Å². The highest BCUT2D eigenvalue weighted by Gasteiger charge is 2.62. The van der Waals surface area contributed by atoms with Gasteiger partial charge in [0.15, 0.2) is 0 Å². The van der Waals surface area contributed by atoms with Crippen molar-refractivity contribution in [1.29, 1.82) is 0 Å². The molecule has 0 aliphatic carbocycles. The molecule has 4 heterocycles. The lowest BCUT2D eigenvalue weighted by molar-refractivity contribution is -0.145. The van der Waals surface area contributed by atoms with Gasteiger partial charge in [0.25, 0.3) is 17.7 Å². The quantitative estimate of drug-likeness (QED) is 0.847. The van der Waals surface area contributed by atoms with Crippen LogP contribution in [0.15, 0.2) is 11.4 Å². The van der Waals surface area contributed by atoms with Crippen LogP contribution in [-0.2, 0) is 20.7 Å². The molecular weight excluding hydrogens is 316 g/mol. The number of hydrogen-bond acceptors (Lipinski definition) is 5. The zero-order chi connectivity index (χ0) is 16.1. The van der Waals surface area contributed by atoms with E-state index >= 15 is 0 Å². The highest BCUT2D eigenvalue weighted by Crippen LogP contribution is 2.48. The van der Waals surface area contributed by atoms with Gasteiger partial charge in [-0.1, -0.05) is 13.3 Å². The molecule has 3 amide bonds. The second kappa shape index (κ2) is 5.42. The number of amides is 3. The normalized spacial score (nSPS) is 31.8. The first kappa shape index (κ1) is 14.8. The number of hydrazine groups is 1. The van der Waals surface area contributed by atoms with Crippen molar-refractivity contribution >= 4 is 29.1 Å². The lowest BCUT2D eigenvalue weighted by Gasteiger charge is -2.17. The lowest BCUT2D eigenvalue weighted by Crippen LogP contribution is -2.47. The Morgan fingerprint density at radius 2 is 1.96 bits per heavy atom. The molecule has 3 aliphatic rings. The minimum atomic E-state index is -0.417. The van der Waals surface area contributed by atoms with E-state index in [1.54, 1.807) is 5.38 Å². The van der Waals surface area contributed by atoms with Crippen molar-refractivity contribution in [2.24, 2.45) is 11.8 Å². The first-order valence-electron chi connectivity index (χ1n) is 8.01. The third-order valence-electron chi connectivity index (χ3n) is 4.91. The van der Waals surface area contributed by atoms with Gasteiger partial charge < -0.3 is 4.74 Å². The molecule has 4 atom stereocenters. The van der Waals surface area contributed by atoms with Gasteiger partial charge in [0.1, 0.15) is 0 Å². The van der Waals surface area contributed by atoms with Crippen LogP contribution in [0.25, 0.3) is 0 Å². The van der Waals surface area contributed by atoms with E-state index in [0.29, 0.717) is 5.56 Å². The second-order valence-corrected chi connectivity index (χ2v) is 7.34. The van der Waals surface area contributed by atoms with Gasteiger partial charge in [-0.2, -0.15) is 5.01 Å². The van der Waals surface area contributed by atoms with Crippen molar-refractivity contribution in [2.75, 3.05) is 0 Å². The summed E-state index contributed by atoms with van der Waals surface area (Å²) in [7, 11) is 0. The summed E-state index contributed by atoms with van der Waals surface area (Å²) in [4.78, 5) is 38.4. The Labute approximate surface area is 137 Å². The topological polar surface area (TPSA) is 75.7 Å². The molecule has 0 spiro atoms. The molecule has 23 heavy (non-hydrogen) atoms. The van der Waals surface area contributed by atoms with Crippen LogP contribution < -0.4 is 5.43 Å². The SMILES string of the molecule is CCCc1cc(C(=O)NN2C(=O)[C@@H]3[C@H](C2=O)[C@@H]2CC[C@@H]3O2)cs1. The van der Waals surface area contributed by atoms with E-state index in [1.165, 1.54) is 11.3 Å². The molecule has 0 unspecified atom stereocenters. The van der Waals surface area contributed by atoms with Crippen LogP contribution in [0.4, 0.5) is 0 Å². The molecule has 1 N–H and O–H groups in total. The number of carbonyl (C=O) groups excluding carboxylic acids is 3. The van der Waals surface area contributed by atoms with Crippen LogP contribution >= 0.6 is 11.3 Å². The summed E-state index contributed by atoms with van der Waals surface area (Å²) >= 11 is 1.52. The molecular formula is C16H18N2O4S. The van der Waals surface area contributed by atoms with Crippen LogP contribution in [0, 0.1) is 11.8 Å². The van der Waals surface area contributed by atoms with Crippen molar-refractivity contribution in [3.8, 4) is 0 Å². The van der Waals surface area contributed by atoms with Crippen molar-refractivity contribution < 1.29 is 19.1 Å². The Hall–Kier alpha value is -1.73. The number of fused-ring (bicyclic) bond motifs is 5. The number of aryl methyl sites for hydroxylation is 1. The maximum absolute atomic E-state index is 12.5. The van der Waals surface area contributed by atoms with E-state index in [0.717, 1.165) is 35.6 Å². The molecule has 3 aliphatic heterocycles. The fraction of sp³-hybridized carbons (Fsp3) is 0.562. The summed E-state index contributed by atoms with van der Waals surface area (Å²) in [6, 6.07) is 1.82. The Kier molecular flexibility index (Phi) is 3.50. The van der Waals surface area contributed by atoms with Crippen molar-refractivity contribution in [3.05, 3.63) is 21.9 Å². The number of imide groups is 1. The molecule has 4 rings (SSSR count). The number of nitrogens with zero attached hydrogens (tertiary/aromatic N) is 1. The maximum Gasteiger partial charge on any atom is 0.271 e. The molecule has 3 saturated heterocycles. The molecule has 6 nitrogen and oxygen atoms in total. The fourth-order valence-corrected chi connectivity index (χ4v) is 4.84. The summed E-state index contributed by atoms with van der Waals surface area (Å²) in [6.45, 7) is 2.08. The third kappa shape index (κ3) is 2.21. The zero-order valence-corrected chi connectivity index (χ0v) is 13.6. The third-order valence-corrected chi connectivity index (χ3v) is 5.91. The van der Waals surface area contributed by atoms with Gasteiger partial charge in [-0.25, -0.2) is 0 Å². The molecule has 0 radical (unpaired) electrons. The van der Waals surface area contributed by atoms with Gasteiger partial charge in [-0.05, 0) is 25.3 Å². The minimum absolute atomic E-state index is 0.166. The average molecular weight is 334 g/mol. The van der Waals surface area contributed by atoms with Crippen molar-refractivity contribution in [3.63, 3.8) is 0 Å². The first-order chi connectivity index (χ1) is 11.1. The summed E-state index contributed by atoms with van der Waals surface area (Å²) < 4.78 is 5.67. The van der Waals surface area contributed by atoms with Gasteiger partial charge in [0.2, 0.25) is 0 Å². The predicted octanol–water partition coefficient (Wildman–Crippen LogP) is 1.51.